The number of aliphatic hydroxyl groups excluding tert-OH is 8. The molecular weight excluding hydrogens is 420 g/mol. The Kier molecular flexibility index (Phi) is 11.5. The third kappa shape index (κ3) is 7.54. The molecule has 0 aliphatic rings. The highest BCUT2D eigenvalue weighted by Gasteiger charge is 2.45. The second-order valence-electron chi connectivity index (χ2n) is 6.03. The van der Waals surface area contributed by atoms with Crippen LogP contribution in [-0.2, 0) is 28.7 Å². The molecule has 0 aliphatic heterocycles. The molecule has 0 aromatic heterocycles. The minimum atomic E-state index is -2.69. The van der Waals surface area contributed by atoms with Gasteiger partial charge in [0.2, 0.25) is 6.10 Å². The Bertz CT molecular complexity index is 605. The summed E-state index contributed by atoms with van der Waals surface area (Å²) in [5, 5.41) is 83.5. The van der Waals surface area contributed by atoms with Crippen LogP contribution in [0, 0.1) is 0 Å². The van der Waals surface area contributed by atoms with Crippen molar-refractivity contribution in [1.82, 2.24) is 0 Å². The van der Waals surface area contributed by atoms with Crippen LogP contribution in [0.25, 0.3) is 0 Å². The highest BCUT2D eigenvalue weighted by atomic mass is 16.6. The first-order valence-corrected chi connectivity index (χ1v) is 8.28. The lowest BCUT2D eigenvalue weighted by Crippen LogP contribution is -2.54. The smallest absolute Gasteiger partial charge is 0.378 e. The molecular formula is C15H24O15. The van der Waals surface area contributed by atoms with E-state index in [9.17, 15) is 49.8 Å². The van der Waals surface area contributed by atoms with Crippen molar-refractivity contribution in [2.24, 2.45) is 0 Å². The number of hydrogen-bond acceptors (Lipinski definition) is 14. The van der Waals surface area contributed by atoms with Crippen molar-refractivity contribution in [3.8, 4) is 0 Å². The van der Waals surface area contributed by atoms with Crippen molar-refractivity contribution in [1.29, 1.82) is 0 Å². The minimum absolute atomic E-state index is 0.893. The summed E-state index contributed by atoms with van der Waals surface area (Å²) in [4.78, 5) is 46.7. The highest BCUT2D eigenvalue weighted by molar-refractivity contribution is 6.35. The van der Waals surface area contributed by atoms with Gasteiger partial charge in [0.25, 0.3) is 5.78 Å². The van der Waals surface area contributed by atoms with E-state index < -0.39 is 85.7 Å². The van der Waals surface area contributed by atoms with Crippen LogP contribution in [0.4, 0.5) is 0 Å². The van der Waals surface area contributed by atoms with Gasteiger partial charge >= 0.3 is 17.9 Å². The molecule has 0 aliphatic carbocycles. The topological polar surface area (TPSA) is 269 Å². The summed E-state index contributed by atoms with van der Waals surface area (Å²) in [6, 6.07) is 0. The van der Waals surface area contributed by atoms with Gasteiger partial charge in [-0.1, -0.05) is 0 Å². The Morgan fingerprint density at radius 1 is 0.800 bits per heavy atom. The summed E-state index contributed by atoms with van der Waals surface area (Å²) >= 11 is 0. The Morgan fingerprint density at radius 3 is 1.67 bits per heavy atom. The number of ether oxygens (including phenoxy) is 2. The van der Waals surface area contributed by atoms with E-state index in [-0.39, 0.29) is 0 Å². The molecule has 0 aromatic rings. The maximum absolute atomic E-state index is 11.9. The standard InChI is InChI=1S/C15H24O15/c1-4(18)14(27)29-11(8(22)6(20)3-17)12(13(25)26)30-15(28)10(24)9(23)7(21)5(19)2-16/h4-9,11-12,16-23H,2-3H2,1H3,(H,25,26)/t4?,5-,6+,7+,8+,9-,11-,12+/m0/s1. The van der Waals surface area contributed by atoms with Crippen LogP contribution in [0.1, 0.15) is 6.92 Å². The summed E-state index contributed by atoms with van der Waals surface area (Å²) in [7, 11) is 0. The molecule has 0 amide bonds. The van der Waals surface area contributed by atoms with E-state index in [0.717, 1.165) is 6.92 Å². The Balaban J connectivity index is 5.71. The van der Waals surface area contributed by atoms with E-state index in [0.29, 0.717) is 0 Å². The number of carboxylic acids is 1. The van der Waals surface area contributed by atoms with Crippen LogP contribution in [0.5, 0.6) is 0 Å². The van der Waals surface area contributed by atoms with Crippen LogP contribution in [0.2, 0.25) is 0 Å². The number of rotatable bonds is 13. The molecule has 0 spiro atoms. The zero-order valence-corrected chi connectivity index (χ0v) is 15.5. The van der Waals surface area contributed by atoms with Gasteiger partial charge in [0.15, 0.2) is 12.2 Å². The lowest BCUT2D eigenvalue weighted by molar-refractivity contribution is -0.199. The molecule has 15 nitrogen and oxygen atoms in total. The van der Waals surface area contributed by atoms with Gasteiger partial charge in [-0.05, 0) is 6.92 Å². The van der Waals surface area contributed by atoms with Crippen molar-refractivity contribution in [2.75, 3.05) is 13.2 Å². The van der Waals surface area contributed by atoms with E-state index in [2.05, 4.69) is 9.47 Å². The number of carbonyl (C=O) groups is 4. The van der Waals surface area contributed by atoms with Gasteiger partial charge in [-0.2, -0.15) is 0 Å². The molecule has 174 valence electrons. The maximum atomic E-state index is 11.9. The Morgan fingerprint density at radius 2 is 1.27 bits per heavy atom. The zero-order chi connectivity index (χ0) is 23.8. The van der Waals surface area contributed by atoms with Crippen LogP contribution in [0.3, 0.4) is 0 Å². The van der Waals surface area contributed by atoms with Crippen LogP contribution in [-0.4, -0.2) is 132 Å². The molecule has 30 heavy (non-hydrogen) atoms. The molecule has 15 heteroatoms. The third-order valence-electron chi connectivity index (χ3n) is 3.66. The normalized spacial score (nSPS) is 19.4. The van der Waals surface area contributed by atoms with Crippen LogP contribution >= 0.6 is 0 Å². The average molecular weight is 444 g/mol. The van der Waals surface area contributed by atoms with Crippen LogP contribution < -0.4 is 0 Å². The van der Waals surface area contributed by atoms with E-state index in [1.165, 1.54) is 0 Å². The minimum Gasteiger partial charge on any atom is -0.478 e. The molecule has 0 saturated heterocycles. The van der Waals surface area contributed by atoms with Gasteiger partial charge in [-0.25, -0.2) is 14.4 Å². The van der Waals surface area contributed by atoms with E-state index in [1.807, 2.05) is 0 Å². The first-order chi connectivity index (χ1) is 13.8. The molecule has 9 N–H and O–H groups in total. The second-order valence-corrected chi connectivity index (χ2v) is 6.03. The second kappa shape index (κ2) is 12.5. The summed E-state index contributed by atoms with van der Waals surface area (Å²) in [5.41, 5.74) is 0. The number of hydrogen-bond donors (Lipinski definition) is 9. The van der Waals surface area contributed by atoms with Gasteiger partial charge in [0, 0.05) is 0 Å². The van der Waals surface area contributed by atoms with Gasteiger partial charge in [-0.15, -0.1) is 0 Å². The molecule has 0 saturated carbocycles. The summed E-state index contributed by atoms with van der Waals surface area (Å²) in [5.74, 6) is -7.74. The van der Waals surface area contributed by atoms with Gasteiger partial charge < -0.3 is 55.4 Å². The Hall–Kier alpha value is -2.24. The lowest BCUT2D eigenvalue weighted by atomic mass is 10.0. The number of carbonyl (C=O) groups excluding carboxylic acids is 3. The molecule has 0 heterocycles. The Labute approximate surface area is 168 Å². The van der Waals surface area contributed by atoms with Gasteiger partial charge in [-0.3, -0.25) is 4.79 Å². The number of aliphatic carboxylic acids is 1. The van der Waals surface area contributed by atoms with Crippen molar-refractivity contribution < 1.29 is 74.6 Å². The van der Waals surface area contributed by atoms with Crippen LogP contribution in [0.15, 0.2) is 0 Å². The number of aliphatic hydroxyl groups is 8. The lowest BCUT2D eigenvalue weighted by Gasteiger charge is -2.30. The third-order valence-corrected chi connectivity index (χ3v) is 3.66. The number of Topliss-reactive ketones (excluding diaryl/α,β-unsaturated/α-hetero) is 1. The average Bonchev–Trinajstić information content (AvgIpc) is 2.71. The van der Waals surface area contributed by atoms with Crippen molar-refractivity contribution in [3.05, 3.63) is 0 Å². The maximum Gasteiger partial charge on any atom is 0.378 e. The number of ketones is 1. The van der Waals surface area contributed by atoms with E-state index >= 15 is 0 Å². The van der Waals surface area contributed by atoms with Crippen molar-refractivity contribution >= 4 is 23.7 Å². The molecule has 0 radical (unpaired) electrons. The SMILES string of the molecule is CC(O)C(=O)O[C@@H]([C@H](O)[C@H](O)CO)[C@@H](OC(=O)C(=O)[C@@H](O)[C@H](O)[C@@H](O)CO)C(=O)O. The fourth-order valence-corrected chi connectivity index (χ4v) is 1.90. The highest BCUT2D eigenvalue weighted by Crippen LogP contribution is 2.16. The molecule has 0 bridgehead atoms. The van der Waals surface area contributed by atoms with Gasteiger partial charge in [0.05, 0.1) is 13.2 Å². The molecule has 8 atom stereocenters. The molecule has 0 aromatic carbocycles. The summed E-state index contributed by atoms with van der Waals surface area (Å²) in [6.45, 7) is -1.38. The predicted octanol–water partition coefficient (Wildman–Crippen LogP) is -6.37. The summed E-state index contributed by atoms with van der Waals surface area (Å²) in [6.07, 6.45) is -18.5. The first kappa shape index (κ1) is 27.8. The number of carboxylic acid groups (broad SMARTS) is 1. The quantitative estimate of drug-likeness (QED) is 0.0943. The predicted molar refractivity (Wildman–Crippen MR) is 88.3 cm³/mol. The fourth-order valence-electron chi connectivity index (χ4n) is 1.90. The summed E-state index contributed by atoms with van der Waals surface area (Å²) < 4.78 is 8.80. The largest absolute Gasteiger partial charge is 0.478 e. The van der Waals surface area contributed by atoms with E-state index in [4.69, 9.17) is 15.3 Å². The fraction of sp³-hybridized carbons (Fsp3) is 0.733. The first-order valence-electron chi connectivity index (χ1n) is 8.28. The van der Waals surface area contributed by atoms with Crippen molar-refractivity contribution in [3.63, 3.8) is 0 Å². The molecule has 0 fully saturated rings. The van der Waals surface area contributed by atoms with E-state index in [1.54, 1.807) is 0 Å². The monoisotopic (exact) mass is 444 g/mol. The van der Waals surface area contributed by atoms with Gasteiger partial charge in [0.1, 0.15) is 30.5 Å². The zero-order valence-electron chi connectivity index (χ0n) is 15.5. The van der Waals surface area contributed by atoms with Crippen molar-refractivity contribution in [2.45, 2.75) is 55.8 Å². The number of esters is 2. The molecule has 0 rings (SSSR count). The molecule has 1 unspecified atom stereocenters.